The van der Waals surface area contributed by atoms with Gasteiger partial charge < -0.3 is 14.8 Å². The molecule has 0 fully saturated rings. The van der Waals surface area contributed by atoms with Gasteiger partial charge in [0.05, 0.1) is 13.7 Å². The lowest BCUT2D eigenvalue weighted by atomic mass is 9.82. The molecule has 3 heteroatoms. The molecule has 1 atom stereocenters. The summed E-state index contributed by atoms with van der Waals surface area (Å²) in [6, 6.07) is 7.80. The first-order chi connectivity index (χ1) is 9.15. The molecule has 0 aliphatic rings. The first kappa shape index (κ1) is 15.8. The molecule has 3 nitrogen and oxygen atoms in total. The van der Waals surface area contributed by atoms with Crippen LogP contribution in [-0.2, 0) is 0 Å². The maximum Gasteiger partial charge on any atom is 0.161 e. The Labute approximate surface area is 117 Å². The second kappa shape index (κ2) is 8.05. The van der Waals surface area contributed by atoms with Crippen molar-refractivity contribution in [1.82, 2.24) is 5.32 Å². The zero-order valence-electron chi connectivity index (χ0n) is 12.7. The Kier molecular flexibility index (Phi) is 6.71. The monoisotopic (exact) mass is 265 g/mol. The first-order valence-corrected chi connectivity index (χ1v) is 7.05. The Hall–Kier alpha value is -1.22. The molecule has 0 spiro atoms. The van der Waals surface area contributed by atoms with Crippen molar-refractivity contribution >= 4 is 0 Å². The molecule has 0 bridgehead atoms. The van der Waals surface area contributed by atoms with Crippen LogP contribution in [-0.4, -0.2) is 27.3 Å². The van der Waals surface area contributed by atoms with Gasteiger partial charge in [0.1, 0.15) is 0 Å². The van der Waals surface area contributed by atoms with Crippen LogP contribution in [0.3, 0.4) is 0 Å². The molecule has 0 aliphatic carbocycles. The van der Waals surface area contributed by atoms with E-state index in [0.29, 0.717) is 5.41 Å². The molecule has 0 saturated carbocycles. The predicted molar refractivity (Wildman–Crippen MR) is 80.0 cm³/mol. The van der Waals surface area contributed by atoms with E-state index in [0.717, 1.165) is 31.1 Å². The van der Waals surface area contributed by atoms with Gasteiger partial charge in [0, 0.05) is 6.54 Å². The molecule has 1 unspecified atom stereocenters. The zero-order valence-corrected chi connectivity index (χ0v) is 12.7. The summed E-state index contributed by atoms with van der Waals surface area (Å²) in [4.78, 5) is 0. The Morgan fingerprint density at radius 2 is 1.84 bits per heavy atom. The number of hydrogen-bond donors (Lipinski definition) is 1. The molecular weight excluding hydrogens is 238 g/mol. The highest BCUT2D eigenvalue weighted by Gasteiger charge is 2.22. The standard InChI is InChI=1S/C16H27NO2/c1-5-10-16(2,13-17-3)11-12-19-15-9-7-6-8-14(15)18-4/h6-9,17H,5,10-13H2,1-4H3. The lowest BCUT2D eigenvalue weighted by molar-refractivity contribution is 0.192. The Balaban J connectivity index is 2.51. The van der Waals surface area contributed by atoms with Crippen molar-refractivity contribution in [3.8, 4) is 11.5 Å². The van der Waals surface area contributed by atoms with E-state index in [1.165, 1.54) is 12.8 Å². The van der Waals surface area contributed by atoms with Gasteiger partial charge in [0.15, 0.2) is 11.5 Å². The van der Waals surface area contributed by atoms with Crippen LogP contribution in [0.4, 0.5) is 0 Å². The van der Waals surface area contributed by atoms with Gasteiger partial charge in [-0.05, 0) is 37.4 Å². The fraction of sp³-hybridized carbons (Fsp3) is 0.625. The number of ether oxygens (including phenoxy) is 2. The molecule has 0 aromatic heterocycles. The fourth-order valence-corrected chi connectivity index (χ4v) is 2.48. The summed E-state index contributed by atoms with van der Waals surface area (Å²) in [6.45, 7) is 6.29. The highest BCUT2D eigenvalue weighted by Crippen LogP contribution is 2.29. The minimum absolute atomic E-state index is 0.297. The number of nitrogens with one attached hydrogen (secondary N) is 1. The van der Waals surface area contributed by atoms with Crippen LogP contribution in [0.5, 0.6) is 11.5 Å². The minimum Gasteiger partial charge on any atom is -0.493 e. The van der Waals surface area contributed by atoms with E-state index in [2.05, 4.69) is 19.2 Å². The van der Waals surface area contributed by atoms with Crippen molar-refractivity contribution in [3.63, 3.8) is 0 Å². The summed E-state index contributed by atoms with van der Waals surface area (Å²) >= 11 is 0. The molecular formula is C16H27NO2. The van der Waals surface area contributed by atoms with E-state index < -0.39 is 0 Å². The quantitative estimate of drug-likeness (QED) is 0.741. The maximum absolute atomic E-state index is 5.86. The van der Waals surface area contributed by atoms with E-state index in [4.69, 9.17) is 9.47 Å². The molecule has 0 aliphatic heterocycles. The minimum atomic E-state index is 0.297. The maximum atomic E-state index is 5.86. The molecule has 0 heterocycles. The smallest absolute Gasteiger partial charge is 0.161 e. The summed E-state index contributed by atoms with van der Waals surface area (Å²) in [6.07, 6.45) is 3.45. The van der Waals surface area contributed by atoms with Gasteiger partial charge in [0.2, 0.25) is 0 Å². The third-order valence-corrected chi connectivity index (χ3v) is 3.49. The van der Waals surface area contributed by atoms with Gasteiger partial charge in [-0.3, -0.25) is 0 Å². The summed E-state index contributed by atoms with van der Waals surface area (Å²) < 4.78 is 11.1. The second-order valence-corrected chi connectivity index (χ2v) is 5.34. The summed E-state index contributed by atoms with van der Waals surface area (Å²) in [5, 5.41) is 3.28. The first-order valence-electron chi connectivity index (χ1n) is 7.05. The van der Waals surface area contributed by atoms with E-state index in [9.17, 15) is 0 Å². The van der Waals surface area contributed by atoms with Crippen LogP contribution >= 0.6 is 0 Å². The topological polar surface area (TPSA) is 30.5 Å². The van der Waals surface area contributed by atoms with Crippen molar-refractivity contribution in [1.29, 1.82) is 0 Å². The number of rotatable bonds is 9. The van der Waals surface area contributed by atoms with E-state index in [-0.39, 0.29) is 0 Å². The van der Waals surface area contributed by atoms with Crippen LogP contribution in [0.1, 0.15) is 33.1 Å². The average Bonchev–Trinajstić information content (AvgIpc) is 2.40. The Bertz CT molecular complexity index is 360. The number of hydrogen-bond acceptors (Lipinski definition) is 3. The normalized spacial score (nSPS) is 13.9. The summed E-state index contributed by atoms with van der Waals surface area (Å²) in [5.41, 5.74) is 0.297. The molecule has 0 radical (unpaired) electrons. The lowest BCUT2D eigenvalue weighted by Gasteiger charge is -2.29. The lowest BCUT2D eigenvalue weighted by Crippen LogP contribution is -2.31. The van der Waals surface area contributed by atoms with E-state index in [1.54, 1.807) is 7.11 Å². The van der Waals surface area contributed by atoms with Gasteiger partial charge in [-0.25, -0.2) is 0 Å². The Morgan fingerprint density at radius 3 is 2.42 bits per heavy atom. The van der Waals surface area contributed by atoms with Crippen LogP contribution in [0.25, 0.3) is 0 Å². The van der Waals surface area contributed by atoms with Crippen LogP contribution in [0.2, 0.25) is 0 Å². The number of para-hydroxylation sites is 2. The predicted octanol–water partition coefficient (Wildman–Crippen LogP) is 3.49. The van der Waals surface area contributed by atoms with Crippen LogP contribution in [0, 0.1) is 5.41 Å². The second-order valence-electron chi connectivity index (χ2n) is 5.34. The van der Waals surface area contributed by atoms with E-state index in [1.807, 2.05) is 31.3 Å². The zero-order chi connectivity index (χ0) is 14.1. The largest absolute Gasteiger partial charge is 0.493 e. The number of benzene rings is 1. The van der Waals surface area contributed by atoms with Gasteiger partial charge in [-0.2, -0.15) is 0 Å². The van der Waals surface area contributed by atoms with E-state index >= 15 is 0 Å². The highest BCUT2D eigenvalue weighted by molar-refractivity contribution is 5.39. The van der Waals surface area contributed by atoms with Gasteiger partial charge in [-0.15, -0.1) is 0 Å². The van der Waals surface area contributed by atoms with Gasteiger partial charge >= 0.3 is 0 Å². The Morgan fingerprint density at radius 1 is 1.16 bits per heavy atom. The molecule has 1 aromatic carbocycles. The molecule has 0 amide bonds. The third kappa shape index (κ3) is 5.11. The van der Waals surface area contributed by atoms with Crippen molar-refractivity contribution in [2.24, 2.45) is 5.41 Å². The fourth-order valence-electron chi connectivity index (χ4n) is 2.48. The van der Waals surface area contributed by atoms with Crippen molar-refractivity contribution in [2.75, 3.05) is 27.3 Å². The molecule has 1 aromatic rings. The summed E-state index contributed by atoms with van der Waals surface area (Å²) in [5.74, 6) is 1.63. The van der Waals surface area contributed by atoms with Crippen molar-refractivity contribution < 1.29 is 9.47 Å². The van der Waals surface area contributed by atoms with Crippen molar-refractivity contribution in [2.45, 2.75) is 33.1 Å². The third-order valence-electron chi connectivity index (χ3n) is 3.49. The average molecular weight is 265 g/mol. The van der Waals surface area contributed by atoms with Crippen molar-refractivity contribution in [3.05, 3.63) is 24.3 Å². The molecule has 1 rings (SSSR count). The SMILES string of the molecule is CCCC(C)(CCOc1ccccc1OC)CNC. The van der Waals surface area contributed by atoms with Gasteiger partial charge in [-0.1, -0.05) is 32.4 Å². The van der Waals surface area contributed by atoms with Crippen LogP contribution in [0.15, 0.2) is 24.3 Å². The molecule has 0 saturated heterocycles. The van der Waals surface area contributed by atoms with Crippen LogP contribution < -0.4 is 14.8 Å². The highest BCUT2D eigenvalue weighted by atomic mass is 16.5. The molecule has 108 valence electrons. The molecule has 19 heavy (non-hydrogen) atoms. The summed E-state index contributed by atoms with van der Waals surface area (Å²) in [7, 11) is 3.68. The van der Waals surface area contributed by atoms with Gasteiger partial charge in [0.25, 0.3) is 0 Å². The molecule has 1 N–H and O–H groups in total. The number of methoxy groups -OCH3 is 1.